The average Bonchev–Trinajstić information content (AvgIpc) is 2.89. The molecule has 0 aliphatic heterocycles. The van der Waals surface area contributed by atoms with Crippen molar-refractivity contribution in [1.29, 1.82) is 0 Å². The van der Waals surface area contributed by atoms with E-state index < -0.39 is 0 Å². The zero-order chi connectivity index (χ0) is 10.7. The van der Waals surface area contributed by atoms with Gasteiger partial charge < -0.3 is 10.3 Å². The van der Waals surface area contributed by atoms with Gasteiger partial charge in [-0.25, -0.2) is 4.98 Å². The van der Waals surface area contributed by atoms with E-state index in [0.717, 1.165) is 18.5 Å². The maximum Gasteiger partial charge on any atom is 0.243 e. The lowest BCUT2D eigenvalue weighted by atomic mass is 10.2. The Morgan fingerprint density at radius 1 is 1.60 bits per heavy atom. The van der Waals surface area contributed by atoms with Crippen LogP contribution < -0.4 is 5.73 Å². The summed E-state index contributed by atoms with van der Waals surface area (Å²) in [6.45, 7) is 2.07. The number of nitrogens with two attached hydrogens (primary N) is 1. The normalized spacial score (nSPS) is 12.9. The summed E-state index contributed by atoms with van der Waals surface area (Å²) >= 11 is 1.50. The first-order chi connectivity index (χ1) is 7.31. The van der Waals surface area contributed by atoms with Crippen LogP contribution in [0.15, 0.2) is 15.4 Å². The molecule has 2 N–H and O–H groups in total. The molecule has 2 aromatic rings. The Labute approximate surface area is 91.3 Å². The maximum absolute atomic E-state index is 5.86. The Hall–Kier alpha value is -1.27. The van der Waals surface area contributed by atoms with Gasteiger partial charge in [-0.05, 0) is 6.42 Å². The van der Waals surface area contributed by atoms with Crippen molar-refractivity contribution < 1.29 is 4.52 Å². The van der Waals surface area contributed by atoms with Crippen LogP contribution in [-0.2, 0) is 0 Å². The van der Waals surface area contributed by atoms with Gasteiger partial charge in [-0.3, -0.25) is 0 Å². The fraction of sp³-hybridized carbons (Fsp3) is 0.444. The van der Waals surface area contributed by atoms with Crippen molar-refractivity contribution in [3.05, 3.63) is 16.8 Å². The highest BCUT2D eigenvalue weighted by Crippen LogP contribution is 2.19. The number of hydrogen-bond acceptors (Lipinski definition) is 6. The molecule has 0 amide bonds. The van der Waals surface area contributed by atoms with E-state index in [1.165, 1.54) is 11.3 Å². The van der Waals surface area contributed by atoms with Crippen LogP contribution in [0.25, 0.3) is 11.5 Å². The fourth-order valence-electron chi connectivity index (χ4n) is 1.25. The summed E-state index contributed by atoms with van der Waals surface area (Å²) in [6.07, 6.45) is 1.84. The first-order valence-electron chi connectivity index (χ1n) is 4.79. The lowest BCUT2D eigenvalue weighted by Crippen LogP contribution is -2.09. The van der Waals surface area contributed by atoms with E-state index in [1.54, 1.807) is 5.51 Å². The standard InChI is InChI=1S/C9H12N4OS/c1-2-3-6(10)9-12-8(13-14-9)7-4-15-5-11-7/h4-6H,2-3,10H2,1H3/t6-/m0/s1. The molecule has 0 bridgehead atoms. The van der Waals surface area contributed by atoms with E-state index >= 15 is 0 Å². The molecule has 5 nitrogen and oxygen atoms in total. The van der Waals surface area contributed by atoms with E-state index in [0.29, 0.717) is 11.7 Å². The Morgan fingerprint density at radius 2 is 2.47 bits per heavy atom. The molecule has 0 unspecified atom stereocenters. The summed E-state index contributed by atoms with van der Waals surface area (Å²) in [5.41, 5.74) is 8.33. The molecule has 0 saturated carbocycles. The van der Waals surface area contributed by atoms with Gasteiger partial charge in [0.15, 0.2) is 0 Å². The summed E-state index contributed by atoms with van der Waals surface area (Å²) in [6, 6.07) is -0.171. The lowest BCUT2D eigenvalue weighted by Gasteiger charge is -2.01. The summed E-state index contributed by atoms with van der Waals surface area (Å²) in [5, 5.41) is 5.72. The Kier molecular flexibility index (Phi) is 3.08. The third-order valence-electron chi connectivity index (χ3n) is 2.02. The summed E-state index contributed by atoms with van der Waals surface area (Å²) < 4.78 is 5.08. The highest BCUT2D eigenvalue weighted by atomic mass is 32.1. The van der Waals surface area contributed by atoms with Gasteiger partial charge in [0.1, 0.15) is 5.69 Å². The molecule has 0 aliphatic carbocycles. The molecule has 2 rings (SSSR count). The second-order valence-corrected chi connectivity index (χ2v) is 3.94. The molecule has 2 aromatic heterocycles. The van der Waals surface area contributed by atoms with Gasteiger partial charge in [0.2, 0.25) is 11.7 Å². The SMILES string of the molecule is CCC[C@H](N)c1nc(-c2cscn2)no1. The largest absolute Gasteiger partial charge is 0.337 e. The molecule has 80 valence electrons. The molecule has 0 aliphatic rings. The first kappa shape index (κ1) is 10.3. The Balaban J connectivity index is 2.17. The van der Waals surface area contributed by atoms with Gasteiger partial charge in [0.05, 0.1) is 11.6 Å². The van der Waals surface area contributed by atoms with Crippen molar-refractivity contribution in [2.24, 2.45) is 5.73 Å². The summed E-state index contributed by atoms with van der Waals surface area (Å²) in [7, 11) is 0. The van der Waals surface area contributed by atoms with Crippen LogP contribution in [-0.4, -0.2) is 15.1 Å². The number of thiazole rings is 1. The van der Waals surface area contributed by atoms with Crippen LogP contribution in [0.3, 0.4) is 0 Å². The summed E-state index contributed by atoms with van der Waals surface area (Å²) in [4.78, 5) is 8.31. The first-order valence-corrected chi connectivity index (χ1v) is 5.73. The van der Waals surface area contributed by atoms with Gasteiger partial charge in [-0.1, -0.05) is 18.5 Å². The van der Waals surface area contributed by atoms with Crippen molar-refractivity contribution >= 4 is 11.3 Å². The molecule has 2 heterocycles. The number of nitrogens with zero attached hydrogens (tertiary/aromatic N) is 3. The van der Waals surface area contributed by atoms with Gasteiger partial charge in [0, 0.05) is 5.38 Å². The highest BCUT2D eigenvalue weighted by Gasteiger charge is 2.15. The molecule has 0 fully saturated rings. The van der Waals surface area contributed by atoms with Crippen LogP contribution in [0.4, 0.5) is 0 Å². The van der Waals surface area contributed by atoms with Crippen molar-refractivity contribution in [3.8, 4) is 11.5 Å². The minimum Gasteiger partial charge on any atom is -0.337 e. The monoisotopic (exact) mass is 224 g/mol. The minimum atomic E-state index is -0.171. The molecular weight excluding hydrogens is 212 g/mol. The van der Waals surface area contributed by atoms with Crippen LogP contribution >= 0.6 is 11.3 Å². The highest BCUT2D eigenvalue weighted by molar-refractivity contribution is 7.07. The molecule has 1 atom stereocenters. The molecule has 0 aromatic carbocycles. The average molecular weight is 224 g/mol. The van der Waals surface area contributed by atoms with Gasteiger partial charge in [-0.15, -0.1) is 11.3 Å². The number of aromatic nitrogens is 3. The summed E-state index contributed by atoms with van der Waals surface area (Å²) in [5.74, 6) is 0.998. The maximum atomic E-state index is 5.86. The van der Waals surface area contributed by atoms with E-state index in [4.69, 9.17) is 10.3 Å². The zero-order valence-corrected chi connectivity index (χ0v) is 9.20. The zero-order valence-electron chi connectivity index (χ0n) is 8.38. The van der Waals surface area contributed by atoms with E-state index in [2.05, 4.69) is 22.0 Å². The van der Waals surface area contributed by atoms with Crippen molar-refractivity contribution in [2.45, 2.75) is 25.8 Å². The van der Waals surface area contributed by atoms with Crippen LogP contribution in [0.1, 0.15) is 31.7 Å². The predicted molar refractivity (Wildman–Crippen MR) is 57.2 cm³/mol. The van der Waals surface area contributed by atoms with Gasteiger partial charge in [0.25, 0.3) is 0 Å². The van der Waals surface area contributed by atoms with Gasteiger partial charge >= 0.3 is 0 Å². The van der Waals surface area contributed by atoms with Crippen molar-refractivity contribution in [1.82, 2.24) is 15.1 Å². The van der Waals surface area contributed by atoms with Crippen LogP contribution in [0.5, 0.6) is 0 Å². The molecule has 6 heteroatoms. The third kappa shape index (κ3) is 2.21. The second kappa shape index (κ2) is 4.50. The Morgan fingerprint density at radius 3 is 3.13 bits per heavy atom. The fourth-order valence-corrected chi connectivity index (χ4v) is 1.78. The third-order valence-corrected chi connectivity index (χ3v) is 2.61. The quantitative estimate of drug-likeness (QED) is 0.859. The Bertz CT molecular complexity index is 411. The molecule has 0 radical (unpaired) electrons. The molecule has 0 saturated heterocycles. The molecule has 15 heavy (non-hydrogen) atoms. The lowest BCUT2D eigenvalue weighted by molar-refractivity contribution is 0.348. The topological polar surface area (TPSA) is 77.8 Å². The number of rotatable bonds is 4. The number of hydrogen-bond donors (Lipinski definition) is 1. The predicted octanol–water partition coefficient (Wildman–Crippen LogP) is 1.99. The van der Waals surface area contributed by atoms with Gasteiger partial charge in [-0.2, -0.15) is 4.98 Å². The van der Waals surface area contributed by atoms with Crippen molar-refractivity contribution in [2.75, 3.05) is 0 Å². The molecular formula is C9H12N4OS. The van der Waals surface area contributed by atoms with E-state index in [9.17, 15) is 0 Å². The van der Waals surface area contributed by atoms with E-state index in [-0.39, 0.29) is 6.04 Å². The smallest absolute Gasteiger partial charge is 0.243 e. The van der Waals surface area contributed by atoms with E-state index in [1.807, 2.05) is 5.38 Å². The van der Waals surface area contributed by atoms with Crippen LogP contribution in [0, 0.1) is 0 Å². The van der Waals surface area contributed by atoms with Crippen LogP contribution in [0.2, 0.25) is 0 Å². The second-order valence-electron chi connectivity index (χ2n) is 3.23. The van der Waals surface area contributed by atoms with Crippen molar-refractivity contribution in [3.63, 3.8) is 0 Å². The minimum absolute atomic E-state index is 0.171. The molecule has 0 spiro atoms.